The highest BCUT2D eigenvalue weighted by atomic mass is 16.5. The zero-order valence-electron chi connectivity index (χ0n) is 15.4. The molecule has 140 valence electrons. The number of benzene rings is 3. The van der Waals surface area contributed by atoms with Crippen molar-refractivity contribution in [2.75, 3.05) is 11.1 Å². The minimum atomic E-state index is 0.297. The molecule has 0 bridgehead atoms. The SMILES string of the molecule is Nc1c(Nc2cccc3cccnc23)ncnc1Oc1ccc2ccccc2c1. The normalized spacial score (nSPS) is 10.9. The molecule has 0 fully saturated rings. The van der Waals surface area contributed by atoms with E-state index in [9.17, 15) is 0 Å². The van der Waals surface area contributed by atoms with Gasteiger partial charge in [-0.2, -0.15) is 4.98 Å². The Kier molecular flexibility index (Phi) is 4.14. The summed E-state index contributed by atoms with van der Waals surface area (Å²) in [5.74, 6) is 1.42. The van der Waals surface area contributed by atoms with Crippen molar-refractivity contribution in [3.05, 3.63) is 85.3 Å². The fourth-order valence-corrected chi connectivity index (χ4v) is 3.24. The van der Waals surface area contributed by atoms with Crippen molar-refractivity contribution in [2.24, 2.45) is 0 Å². The molecule has 0 aliphatic heterocycles. The van der Waals surface area contributed by atoms with Gasteiger partial charge in [-0.3, -0.25) is 4.98 Å². The molecule has 0 saturated carbocycles. The van der Waals surface area contributed by atoms with E-state index in [-0.39, 0.29) is 0 Å². The number of fused-ring (bicyclic) bond motifs is 2. The highest BCUT2D eigenvalue weighted by Gasteiger charge is 2.12. The van der Waals surface area contributed by atoms with Crippen LogP contribution in [0.4, 0.5) is 17.2 Å². The van der Waals surface area contributed by atoms with Crippen molar-refractivity contribution in [3.63, 3.8) is 0 Å². The number of hydrogen-bond acceptors (Lipinski definition) is 6. The average Bonchev–Trinajstić information content (AvgIpc) is 2.77. The molecule has 0 saturated heterocycles. The molecule has 0 aliphatic carbocycles. The first-order chi connectivity index (χ1) is 14.3. The summed E-state index contributed by atoms with van der Waals surface area (Å²) in [5, 5.41) is 6.50. The molecule has 0 aliphatic rings. The van der Waals surface area contributed by atoms with Gasteiger partial charge in [0.15, 0.2) is 5.82 Å². The Morgan fingerprint density at radius 1 is 0.759 bits per heavy atom. The predicted molar refractivity (Wildman–Crippen MR) is 115 cm³/mol. The van der Waals surface area contributed by atoms with Gasteiger partial charge >= 0.3 is 0 Å². The van der Waals surface area contributed by atoms with Crippen molar-refractivity contribution in [2.45, 2.75) is 0 Å². The van der Waals surface area contributed by atoms with Crippen LogP contribution in [0.2, 0.25) is 0 Å². The summed E-state index contributed by atoms with van der Waals surface area (Å²) in [6.45, 7) is 0. The summed E-state index contributed by atoms with van der Waals surface area (Å²) in [5.41, 5.74) is 8.28. The van der Waals surface area contributed by atoms with Gasteiger partial charge in [-0.15, -0.1) is 0 Å². The van der Waals surface area contributed by atoms with Gasteiger partial charge in [-0.05, 0) is 35.0 Å². The first-order valence-electron chi connectivity index (χ1n) is 9.16. The number of rotatable bonds is 4. The molecule has 0 radical (unpaired) electrons. The van der Waals surface area contributed by atoms with Crippen LogP contribution in [0.25, 0.3) is 21.7 Å². The Morgan fingerprint density at radius 3 is 2.52 bits per heavy atom. The number of anilines is 3. The molecule has 6 heteroatoms. The van der Waals surface area contributed by atoms with Crippen LogP contribution in [-0.2, 0) is 0 Å². The van der Waals surface area contributed by atoms with E-state index < -0.39 is 0 Å². The van der Waals surface area contributed by atoms with Crippen LogP contribution < -0.4 is 15.8 Å². The quantitative estimate of drug-likeness (QED) is 0.441. The van der Waals surface area contributed by atoms with Crippen molar-refractivity contribution in [3.8, 4) is 11.6 Å². The van der Waals surface area contributed by atoms with Crippen LogP contribution in [0, 0.1) is 0 Å². The van der Waals surface area contributed by atoms with Crippen LogP contribution in [0.3, 0.4) is 0 Å². The van der Waals surface area contributed by atoms with Gasteiger partial charge < -0.3 is 15.8 Å². The summed E-state index contributed by atoms with van der Waals surface area (Å²) < 4.78 is 5.95. The maximum absolute atomic E-state index is 6.30. The second-order valence-electron chi connectivity index (χ2n) is 6.56. The number of ether oxygens (including phenoxy) is 1. The highest BCUT2D eigenvalue weighted by molar-refractivity contribution is 5.92. The van der Waals surface area contributed by atoms with E-state index in [0.717, 1.165) is 27.4 Å². The number of aromatic nitrogens is 3. The van der Waals surface area contributed by atoms with E-state index in [1.807, 2.05) is 66.7 Å². The van der Waals surface area contributed by atoms with Gasteiger partial charge in [0, 0.05) is 11.6 Å². The minimum Gasteiger partial charge on any atom is -0.437 e. The Balaban J connectivity index is 1.47. The van der Waals surface area contributed by atoms with Gasteiger partial charge in [0.1, 0.15) is 17.8 Å². The van der Waals surface area contributed by atoms with Crippen LogP contribution >= 0.6 is 0 Å². The van der Waals surface area contributed by atoms with Crippen LogP contribution in [0.5, 0.6) is 11.6 Å². The van der Waals surface area contributed by atoms with Crippen molar-refractivity contribution < 1.29 is 4.74 Å². The fourth-order valence-electron chi connectivity index (χ4n) is 3.24. The molecular weight excluding hydrogens is 362 g/mol. The number of para-hydroxylation sites is 1. The van der Waals surface area contributed by atoms with E-state index in [2.05, 4.69) is 26.3 Å². The van der Waals surface area contributed by atoms with Crippen LogP contribution in [0.15, 0.2) is 85.3 Å². The van der Waals surface area contributed by atoms with Crippen LogP contribution in [-0.4, -0.2) is 15.0 Å². The third kappa shape index (κ3) is 3.27. The molecule has 6 nitrogen and oxygen atoms in total. The lowest BCUT2D eigenvalue weighted by Crippen LogP contribution is -2.03. The third-order valence-corrected chi connectivity index (χ3v) is 4.67. The second kappa shape index (κ2) is 7.09. The molecule has 0 spiro atoms. The summed E-state index contributed by atoms with van der Waals surface area (Å²) in [6, 6.07) is 23.7. The topological polar surface area (TPSA) is 86.0 Å². The summed E-state index contributed by atoms with van der Waals surface area (Å²) in [7, 11) is 0. The molecule has 5 rings (SSSR count). The lowest BCUT2D eigenvalue weighted by Gasteiger charge is -2.13. The molecule has 3 N–H and O–H groups in total. The maximum Gasteiger partial charge on any atom is 0.248 e. The fraction of sp³-hybridized carbons (Fsp3) is 0. The van der Waals surface area contributed by atoms with Gasteiger partial charge in [0.25, 0.3) is 0 Å². The van der Waals surface area contributed by atoms with Gasteiger partial charge in [0.05, 0.1) is 11.2 Å². The number of nitrogen functional groups attached to an aromatic ring is 1. The molecule has 2 heterocycles. The monoisotopic (exact) mass is 379 g/mol. The number of pyridine rings is 1. The molecule has 29 heavy (non-hydrogen) atoms. The number of nitrogens with zero attached hydrogens (tertiary/aromatic N) is 3. The Morgan fingerprint density at radius 2 is 1.59 bits per heavy atom. The molecule has 0 unspecified atom stereocenters. The minimum absolute atomic E-state index is 0.297. The summed E-state index contributed by atoms with van der Waals surface area (Å²) >= 11 is 0. The molecule has 3 aromatic carbocycles. The molecule has 0 amide bonds. The van der Waals surface area contributed by atoms with Crippen molar-refractivity contribution in [1.82, 2.24) is 15.0 Å². The van der Waals surface area contributed by atoms with Gasteiger partial charge in [-0.25, -0.2) is 4.98 Å². The molecule has 2 aromatic heterocycles. The Bertz CT molecular complexity index is 1330. The lowest BCUT2D eigenvalue weighted by molar-refractivity contribution is 0.465. The van der Waals surface area contributed by atoms with Gasteiger partial charge in [0.2, 0.25) is 5.88 Å². The van der Waals surface area contributed by atoms with Crippen molar-refractivity contribution >= 4 is 38.9 Å². The smallest absolute Gasteiger partial charge is 0.248 e. The largest absolute Gasteiger partial charge is 0.437 e. The maximum atomic E-state index is 6.30. The highest BCUT2D eigenvalue weighted by Crippen LogP contribution is 2.33. The molecule has 5 aromatic rings. The summed E-state index contributed by atoms with van der Waals surface area (Å²) in [4.78, 5) is 12.9. The van der Waals surface area contributed by atoms with E-state index in [1.54, 1.807) is 6.20 Å². The standard InChI is InChI=1S/C23H17N5O/c24-20-22(28-19-9-3-7-16-8-4-12-25-21(16)19)26-14-27-23(20)29-18-11-10-15-5-1-2-6-17(15)13-18/h1-14H,24H2,(H,26,27,28). The van der Waals surface area contributed by atoms with E-state index in [0.29, 0.717) is 23.1 Å². The second-order valence-corrected chi connectivity index (χ2v) is 6.56. The van der Waals surface area contributed by atoms with E-state index in [4.69, 9.17) is 10.5 Å². The zero-order valence-corrected chi connectivity index (χ0v) is 15.4. The predicted octanol–water partition coefficient (Wildman–Crippen LogP) is 5.30. The average molecular weight is 379 g/mol. The third-order valence-electron chi connectivity index (χ3n) is 4.67. The number of nitrogens with one attached hydrogen (secondary N) is 1. The van der Waals surface area contributed by atoms with E-state index >= 15 is 0 Å². The number of nitrogens with two attached hydrogens (primary N) is 1. The van der Waals surface area contributed by atoms with Crippen LogP contribution in [0.1, 0.15) is 0 Å². The van der Waals surface area contributed by atoms with E-state index in [1.165, 1.54) is 6.33 Å². The Labute approximate surface area is 167 Å². The van der Waals surface area contributed by atoms with Gasteiger partial charge in [-0.1, -0.05) is 48.5 Å². The molecule has 0 atom stereocenters. The zero-order chi connectivity index (χ0) is 19.6. The first kappa shape index (κ1) is 16.9. The molecular formula is C23H17N5O. The summed E-state index contributed by atoms with van der Waals surface area (Å²) in [6.07, 6.45) is 3.18. The van der Waals surface area contributed by atoms with Crippen molar-refractivity contribution in [1.29, 1.82) is 0 Å². The first-order valence-corrected chi connectivity index (χ1v) is 9.16. The number of hydrogen-bond donors (Lipinski definition) is 2. The Hall–Kier alpha value is -4.19. The lowest BCUT2D eigenvalue weighted by atomic mass is 10.1.